The van der Waals surface area contributed by atoms with Crippen LogP contribution in [-0.4, -0.2) is 15.5 Å². The van der Waals surface area contributed by atoms with Crippen LogP contribution in [0.5, 0.6) is 0 Å². The zero-order valence-corrected chi connectivity index (χ0v) is 18.7. The van der Waals surface area contributed by atoms with Gasteiger partial charge in [0, 0.05) is 22.3 Å². The second-order valence-electron chi connectivity index (χ2n) is 7.38. The van der Waals surface area contributed by atoms with E-state index in [0.717, 1.165) is 22.4 Å². The first-order valence-corrected chi connectivity index (χ1v) is 10.6. The number of amides is 1. The summed E-state index contributed by atoms with van der Waals surface area (Å²) in [6, 6.07) is 19.8. The number of nitrogens with one attached hydrogen (secondary N) is 1. The second kappa shape index (κ2) is 8.96. The summed E-state index contributed by atoms with van der Waals surface area (Å²) in [6.45, 7) is 4.31. The van der Waals surface area contributed by atoms with E-state index in [1.165, 1.54) is 11.1 Å². The Kier molecular flexibility index (Phi) is 6.12. The third-order valence-corrected chi connectivity index (χ3v) is 5.84. The Hall–Kier alpha value is -3.08. The van der Waals surface area contributed by atoms with Crippen molar-refractivity contribution in [1.29, 1.82) is 0 Å². The van der Waals surface area contributed by atoms with Gasteiger partial charge in [-0.2, -0.15) is 0 Å². The zero-order valence-electron chi connectivity index (χ0n) is 17.2. The van der Waals surface area contributed by atoms with E-state index in [0.29, 0.717) is 22.3 Å². The van der Waals surface area contributed by atoms with Crippen LogP contribution in [0.4, 0.5) is 0 Å². The lowest BCUT2D eigenvalue weighted by atomic mass is 10.0. The molecule has 0 spiro atoms. The first kappa shape index (κ1) is 21.2. The number of imidazole rings is 1. The van der Waals surface area contributed by atoms with E-state index in [2.05, 4.69) is 41.5 Å². The summed E-state index contributed by atoms with van der Waals surface area (Å²) >= 11 is 12.3. The molecule has 0 atom stereocenters. The van der Waals surface area contributed by atoms with Crippen LogP contribution in [0.25, 0.3) is 16.8 Å². The van der Waals surface area contributed by atoms with Crippen molar-refractivity contribution in [2.75, 3.05) is 0 Å². The maximum absolute atomic E-state index is 12.9. The number of hydrogen-bond acceptors (Lipinski definition) is 2. The lowest BCUT2D eigenvalue weighted by Gasteiger charge is -2.12. The van der Waals surface area contributed by atoms with E-state index >= 15 is 0 Å². The van der Waals surface area contributed by atoms with Crippen molar-refractivity contribution in [2.45, 2.75) is 20.4 Å². The van der Waals surface area contributed by atoms with E-state index in [9.17, 15) is 4.79 Å². The number of benzene rings is 3. The monoisotopic (exact) mass is 449 g/mol. The molecule has 0 aliphatic heterocycles. The van der Waals surface area contributed by atoms with Gasteiger partial charge in [-0.1, -0.05) is 59.6 Å². The highest BCUT2D eigenvalue weighted by molar-refractivity contribution is 6.35. The zero-order chi connectivity index (χ0) is 22.0. The van der Waals surface area contributed by atoms with Gasteiger partial charge < -0.3 is 5.32 Å². The molecule has 4 aromatic rings. The van der Waals surface area contributed by atoms with Crippen LogP contribution >= 0.6 is 23.2 Å². The Morgan fingerprint density at radius 3 is 2.45 bits per heavy atom. The maximum atomic E-state index is 12.9. The molecule has 4 nitrogen and oxygen atoms in total. The van der Waals surface area contributed by atoms with E-state index in [1.54, 1.807) is 23.2 Å². The van der Waals surface area contributed by atoms with Crippen molar-refractivity contribution in [1.82, 2.24) is 14.9 Å². The molecule has 0 fully saturated rings. The molecule has 1 N–H and O–H groups in total. The van der Waals surface area contributed by atoms with Crippen LogP contribution in [0.3, 0.4) is 0 Å². The van der Waals surface area contributed by atoms with Crippen LogP contribution in [0.15, 0.2) is 73.2 Å². The summed E-state index contributed by atoms with van der Waals surface area (Å²) in [5.41, 5.74) is 6.61. The molecule has 1 aromatic heterocycles. The number of carbonyl (C=O) groups is 1. The first-order valence-electron chi connectivity index (χ1n) is 9.85. The van der Waals surface area contributed by atoms with Crippen molar-refractivity contribution in [3.63, 3.8) is 0 Å². The van der Waals surface area contributed by atoms with Crippen molar-refractivity contribution in [3.05, 3.63) is 106 Å². The molecular formula is C25H21Cl2N3O. The summed E-state index contributed by atoms with van der Waals surface area (Å²) in [5, 5.41) is 4.04. The second-order valence-corrected chi connectivity index (χ2v) is 8.22. The lowest BCUT2D eigenvalue weighted by molar-refractivity contribution is 0.0944. The summed E-state index contributed by atoms with van der Waals surface area (Å²) in [7, 11) is 0. The quantitative estimate of drug-likeness (QED) is 0.383. The van der Waals surface area contributed by atoms with Crippen molar-refractivity contribution in [2.24, 2.45) is 0 Å². The molecule has 0 saturated carbocycles. The first-order chi connectivity index (χ1) is 14.9. The average molecular weight is 450 g/mol. The molecular weight excluding hydrogens is 429 g/mol. The third kappa shape index (κ3) is 4.50. The number of halogens is 2. The minimum absolute atomic E-state index is 0.231. The predicted molar refractivity (Wildman–Crippen MR) is 126 cm³/mol. The molecule has 3 aromatic carbocycles. The molecule has 4 rings (SSSR count). The van der Waals surface area contributed by atoms with Gasteiger partial charge >= 0.3 is 0 Å². The molecule has 1 amide bonds. The van der Waals surface area contributed by atoms with Crippen LogP contribution in [0, 0.1) is 13.8 Å². The van der Waals surface area contributed by atoms with Gasteiger partial charge in [0.1, 0.15) is 5.69 Å². The Morgan fingerprint density at radius 1 is 1.00 bits per heavy atom. The van der Waals surface area contributed by atoms with Gasteiger partial charge in [0.15, 0.2) is 0 Å². The van der Waals surface area contributed by atoms with Gasteiger partial charge in [-0.3, -0.25) is 9.36 Å². The fourth-order valence-electron chi connectivity index (χ4n) is 3.58. The Balaban J connectivity index is 1.54. The molecule has 156 valence electrons. The number of hydrogen-bond donors (Lipinski definition) is 1. The molecule has 0 aliphatic carbocycles. The fourth-order valence-corrected chi connectivity index (χ4v) is 4.24. The minimum Gasteiger partial charge on any atom is -0.347 e. The summed E-state index contributed by atoms with van der Waals surface area (Å²) < 4.78 is 1.77. The van der Waals surface area contributed by atoms with E-state index in [1.807, 2.05) is 37.3 Å². The number of aromatic nitrogens is 2. The van der Waals surface area contributed by atoms with Crippen LogP contribution < -0.4 is 5.32 Å². The van der Waals surface area contributed by atoms with Crippen LogP contribution in [0.1, 0.15) is 27.2 Å². The summed E-state index contributed by atoms with van der Waals surface area (Å²) in [6.07, 6.45) is 3.19. The molecule has 1 heterocycles. The Bertz CT molecular complexity index is 1220. The van der Waals surface area contributed by atoms with E-state index < -0.39 is 0 Å². The van der Waals surface area contributed by atoms with Gasteiger partial charge in [-0.15, -0.1) is 0 Å². The number of carbonyl (C=O) groups excluding carboxylic acids is 1. The van der Waals surface area contributed by atoms with Gasteiger partial charge in [0.25, 0.3) is 5.91 Å². The maximum Gasteiger partial charge on any atom is 0.270 e. The van der Waals surface area contributed by atoms with E-state index in [-0.39, 0.29) is 5.91 Å². The predicted octanol–water partition coefficient (Wildman–Crippen LogP) is 6.39. The van der Waals surface area contributed by atoms with Crippen LogP contribution in [0.2, 0.25) is 10.0 Å². The highest BCUT2D eigenvalue weighted by Crippen LogP contribution is 2.26. The Labute approximate surface area is 191 Å². The van der Waals surface area contributed by atoms with Crippen LogP contribution in [-0.2, 0) is 6.54 Å². The molecule has 6 heteroatoms. The largest absolute Gasteiger partial charge is 0.347 e. The smallest absolute Gasteiger partial charge is 0.270 e. The normalized spacial score (nSPS) is 10.8. The Morgan fingerprint density at radius 2 is 1.74 bits per heavy atom. The lowest BCUT2D eigenvalue weighted by Crippen LogP contribution is -2.25. The number of aryl methyl sites for hydroxylation is 2. The summed E-state index contributed by atoms with van der Waals surface area (Å²) in [4.78, 5) is 17.0. The van der Waals surface area contributed by atoms with Crippen molar-refractivity contribution in [3.8, 4) is 16.8 Å². The highest BCUT2D eigenvalue weighted by atomic mass is 35.5. The molecule has 0 bridgehead atoms. The minimum atomic E-state index is -0.231. The number of nitrogens with zero attached hydrogens (tertiary/aromatic N) is 2. The molecule has 0 radical (unpaired) electrons. The molecule has 0 unspecified atom stereocenters. The molecule has 31 heavy (non-hydrogen) atoms. The fraction of sp³-hybridized carbons (Fsp3) is 0.120. The standard InChI is InChI=1S/C25H21Cl2N3O/c1-16-5-3-4-6-21(16)18-7-9-20(10-8-18)30-15-28-14-24(30)25(31)29-13-22-17(2)11-19(26)12-23(22)27/h3-12,14-15H,13H2,1-2H3,(H,29,31). The highest BCUT2D eigenvalue weighted by Gasteiger charge is 2.15. The van der Waals surface area contributed by atoms with Gasteiger partial charge in [0.05, 0.1) is 12.5 Å². The van der Waals surface area contributed by atoms with Gasteiger partial charge in [0.2, 0.25) is 0 Å². The van der Waals surface area contributed by atoms with Crippen molar-refractivity contribution < 1.29 is 4.79 Å². The topological polar surface area (TPSA) is 46.9 Å². The van der Waals surface area contributed by atoms with Gasteiger partial charge in [-0.25, -0.2) is 4.98 Å². The molecule has 0 saturated heterocycles. The third-order valence-electron chi connectivity index (χ3n) is 5.28. The van der Waals surface area contributed by atoms with E-state index in [4.69, 9.17) is 23.2 Å². The summed E-state index contributed by atoms with van der Waals surface area (Å²) in [5.74, 6) is -0.231. The van der Waals surface area contributed by atoms with Crippen molar-refractivity contribution >= 4 is 29.1 Å². The molecule has 0 aliphatic rings. The SMILES string of the molecule is Cc1ccccc1-c1ccc(-n2cncc2C(=O)NCc2c(C)cc(Cl)cc2Cl)cc1. The van der Waals surface area contributed by atoms with Gasteiger partial charge in [-0.05, 0) is 65.9 Å². The number of rotatable bonds is 5. The average Bonchev–Trinajstić information content (AvgIpc) is 3.23.